The number of halogens is 1. The van der Waals surface area contributed by atoms with Crippen molar-refractivity contribution in [1.29, 1.82) is 5.41 Å². The quantitative estimate of drug-likeness (QED) is 0.366. The van der Waals surface area contributed by atoms with Crippen molar-refractivity contribution in [3.05, 3.63) is 24.1 Å². The van der Waals surface area contributed by atoms with Crippen molar-refractivity contribution in [3.8, 4) is 0 Å². The largest absolute Gasteiger partial charge is 0.373 e. The van der Waals surface area contributed by atoms with E-state index in [1.165, 1.54) is 6.08 Å². The lowest BCUT2D eigenvalue weighted by atomic mass is 10.1. The molecule has 0 spiro atoms. The predicted octanol–water partition coefficient (Wildman–Crippen LogP) is 2.00. The molecule has 0 aliphatic carbocycles. The zero-order valence-electron chi connectivity index (χ0n) is 6.87. The van der Waals surface area contributed by atoms with Crippen LogP contribution in [0.3, 0.4) is 0 Å². The summed E-state index contributed by atoms with van der Waals surface area (Å²) in [6.45, 7) is 4.95. The Morgan fingerprint density at radius 2 is 2.27 bits per heavy atom. The van der Waals surface area contributed by atoms with Crippen LogP contribution < -0.4 is 5.32 Å². The van der Waals surface area contributed by atoms with Crippen LogP contribution in [0, 0.1) is 5.41 Å². The molecular formula is C8H13FN2. The molecule has 0 aromatic rings. The zero-order valence-corrected chi connectivity index (χ0v) is 6.87. The SMILES string of the molecule is C=C(F)/C=C(\CC)C(=N)NC. The van der Waals surface area contributed by atoms with Gasteiger partial charge in [0.05, 0.1) is 0 Å². The fourth-order valence-corrected chi connectivity index (χ4v) is 0.701. The summed E-state index contributed by atoms with van der Waals surface area (Å²) in [5, 5.41) is 9.93. The minimum atomic E-state index is -0.512. The topological polar surface area (TPSA) is 35.9 Å². The third kappa shape index (κ3) is 3.55. The maximum atomic E-state index is 12.2. The van der Waals surface area contributed by atoms with Gasteiger partial charge in [-0.15, -0.1) is 0 Å². The first-order valence-electron chi connectivity index (χ1n) is 3.43. The van der Waals surface area contributed by atoms with Crippen LogP contribution in [-0.4, -0.2) is 12.9 Å². The van der Waals surface area contributed by atoms with Gasteiger partial charge in [-0.1, -0.05) is 13.5 Å². The van der Waals surface area contributed by atoms with Crippen molar-refractivity contribution < 1.29 is 4.39 Å². The van der Waals surface area contributed by atoms with Gasteiger partial charge in [0.25, 0.3) is 0 Å². The third-order valence-electron chi connectivity index (χ3n) is 1.28. The van der Waals surface area contributed by atoms with Crippen molar-refractivity contribution in [2.24, 2.45) is 0 Å². The molecule has 2 nitrogen and oxygen atoms in total. The Kier molecular flexibility index (Phi) is 4.18. The van der Waals surface area contributed by atoms with Crippen molar-refractivity contribution in [1.82, 2.24) is 5.32 Å². The lowest BCUT2D eigenvalue weighted by Crippen LogP contribution is -2.18. The second-order valence-corrected chi connectivity index (χ2v) is 2.09. The first-order valence-corrected chi connectivity index (χ1v) is 3.43. The van der Waals surface area contributed by atoms with Crippen LogP contribution in [0.2, 0.25) is 0 Å². The fourth-order valence-electron chi connectivity index (χ4n) is 0.701. The van der Waals surface area contributed by atoms with Gasteiger partial charge in [-0.25, -0.2) is 4.39 Å². The molecule has 3 heteroatoms. The van der Waals surface area contributed by atoms with Crippen molar-refractivity contribution in [2.45, 2.75) is 13.3 Å². The molecule has 0 atom stereocenters. The standard InChI is InChI=1S/C8H13FN2/c1-4-7(5-6(2)9)8(10)11-3/h5H,2,4H2,1,3H3,(H2,10,11)/b7-5+. The van der Waals surface area contributed by atoms with Gasteiger partial charge in [0.1, 0.15) is 11.7 Å². The van der Waals surface area contributed by atoms with Gasteiger partial charge in [-0.05, 0) is 18.1 Å². The monoisotopic (exact) mass is 156 g/mol. The number of allylic oxidation sites excluding steroid dienone is 2. The summed E-state index contributed by atoms with van der Waals surface area (Å²) in [5.74, 6) is -0.270. The van der Waals surface area contributed by atoms with Crippen LogP contribution in [0.4, 0.5) is 4.39 Å². The first kappa shape index (κ1) is 9.88. The van der Waals surface area contributed by atoms with Crippen LogP contribution in [0.1, 0.15) is 13.3 Å². The van der Waals surface area contributed by atoms with E-state index in [0.717, 1.165) is 0 Å². The highest BCUT2D eigenvalue weighted by molar-refractivity contribution is 5.95. The number of likely N-dealkylation sites (N-methyl/N-ethyl adjacent to an activating group) is 1. The number of rotatable bonds is 3. The van der Waals surface area contributed by atoms with E-state index in [0.29, 0.717) is 12.0 Å². The molecule has 2 N–H and O–H groups in total. The van der Waals surface area contributed by atoms with Crippen LogP contribution in [-0.2, 0) is 0 Å². The molecule has 0 aliphatic rings. The highest BCUT2D eigenvalue weighted by Gasteiger charge is 1.99. The molecule has 0 rings (SSSR count). The fraction of sp³-hybridized carbons (Fsp3) is 0.375. The van der Waals surface area contributed by atoms with E-state index in [2.05, 4.69) is 11.9 Å². The second-order valence-electron chi connectivity index (χ2n) is 2.09. The lowest BCUT2D eigenvalue weighted by Gasteiger charge is -2.04. The molecule has 0 amide bonds. The smallest absolute Gasteiger partial charge is 0.121 e. The summed E-state index contributed by atoms with van der Waals surface area (Å²) >= 11 is 0. The molecule has 62 valence electrons. The number of hydrogen-bond acceptors (Lipinski definition) is 1. The average molecular weight is 156 g/mol. The van der Waals surface area contributed by atoms with E-state index in [1.807, 2.05) is 6.92 Å². The highest BCUT2D eigenvalue weighted by atomic mass is 19.1. The van der Waals surface area contributed by atoms with E-state index in [1.54, 1.807) is 7.05 Å². The Morgan fingerprint density at radius 3 is 2.55 bits per heavy atom. The summed E-state index contributed by atoms with van der Waals surface area (Å²) in [5.41, 5.74) is 0.625. The zero-order chi connectivity index (χ0) is 8.85. The molecule has 0 aliphatic heterocycles. The highest BCUT2D eigenvalue weighted by Crippen LogP contribution is 2.05. The third-order valence-corrected chi connectivity index (χ3v) is 1.28. The van der Waals surface area contributed by atoms with Crippen LogP contribution >= 0.6 is 0 Å². The average Bonchev–Trinajstić information content (AvgIpc) is 1.98. The molecule has 11 heavy (non-hydrogen) atoms. The minimum absolute atomic E-state index is 0.242. The molecule has 0 aromatic heterocycles. The predicted molar refractivity (Wildman–Crippen MR) is 45.4 cm³/mol. The Hall–Kier alpha value is -1.12. The molecule has 0 aromatic carbocycles. The summed E-state index contributed by atoms with van der Waals surface area (Å²) in [6.07, 6.45) is 1.89. The van der Waals surface area contributed by atoms with Gasteiger partial charge in [-0.2, -0.15) is 0 Å². The van der Waals surface area contributed by atoms with Crippen molar-refractivity contribution in [2.75, 3.05) is 7.05 Å². The van der Waals surface area contributed by atoms with Gasteiger partial charge < -0.3 is 5.32 Å². The minimum Gasteiger partial charge on any atom is -0.373 e. The van der Waals surface area contributed by atoms with Crippen LogP contribution in [0.25, 0.3) is 0 Å². The van der Waals surface area contributed by atoms with Gasteiger partial charge >= 0.3 is 0 Å². The maximum Gasteiger partial charge on any atom is 0.121 e. The van der Waals surface area contributed by atoms with Gasteiger partial charge in [0, 0.05) is 7.05 Å². The van der Waals surface area contributed by atoms with E-state index < -0.39 is 5.83 Å². The van der Waals surface area contributed by atoms with E-state index in [4.69, 9.17) is 5.41 Å². The Bertz CT molecular complexity index is 194. The Morgan fingerprint density at radius 1 is 1.73 bits per heavy atom. The molecule has 0 saturated carbocycles. The Balaban J connectivity index is 4.39. The number of hydrogen-bond donors (Lipinski definition) is 2. The summed E-state index contributed by atoms with van der Waals surface area (Å²) in [6, 6.07) is 0. The molecule has 0 unspecified atom stereocenters. The summed E-state index contributed by atoms with van der Waals surface area (Å²) in [4.78, 5) is 0. The molecule has 0 heterocycles. The van der Waals surface area contributed by atoms with Crippen molar-refractivity contribution >= 4 is 5.84 Å². The molecule has 0 radical (unpaired) electrons. The second kappa shape index (κ2) is 4.66. The first-order chi connectivity index (χ1) is 5.11. The van der Waals surface area contributed by atoms with E-state index in [-0.39, 0.29) is 5.84 Å². The van der Waals surface area contributed by atoms with E-state index in [9.17, 15) is 4.39 Å². The normalized spacial score (nSPS) is 11.0. The van der Waals surface area contributed by atoms with Gasteiger partial charge in [0.15, 0.2) is 0 Å². The maximum absolute atomic E-state index is 12.2. The number of nitrogens with one attached hydrogen (secondary N) is 2. The molecular weight excluding hydrogens is 143 g/mol. The van der Waals surface area contributed by atoms with E-state index >= 15 is 0 Å². The summed E-state index contributed by atoms with van der Waals surface area (Å²) in [7, 11) is 1.63. The summed E-state index contributed by atoms with van der Waals surface area (Å²) < 4.78 is 12.2. The van der Waals surface area contributed by atoms with Crippen LogP contribution in [0.15, 0.2) is 24.1 Å². The van der Waals surface area contributed by atoms with Crippen molar-refractivity contribution in [3.63, 3.8) is 0 Å². The van der Waals surface area contributed by atoms with Gasteiger partial charge in [-0.3, -0.25) is 5.41 Å². The number of amidine groups is 1. The molecule has 0 bridgehead atoms. The van der Waals surface area contributed by atoms with Gasteiger partial charge in [0.2, 0.25) is 0 Å². The van der Waals surface area contributed by atoms with Crippen LogP contribution in [0.5, 0.6) is 0 Å². The Labute approximate surface area is 66.3 Å². The molecule has 0 fully saturated rings. The molecule has 0 saturated heterocycles. The lowest BCUT2D eigenvalue weighted by molar-refractivity contribution is 0.669.